The number of ketones is 1. The van der Waals surface area contributed by atoms with Gasteiger partial charge in [-0.25, -0.2) is 13.2 Å². The highest BCUT2D eigenvalue weighted by molar-refractivity contribution is 7.92. The zero-order valence-corrected chi connectivity index (χ0v) is 18.7. The number of carbonyl (C=O) groups excluding carboxylic acids is 2. The minimum atomic E-state index is -3.94. The summed E-state index contributed by atoms with van der Waals surface area (Å²) >= 11 is 0. The predicted octanol–water partition coefficient (Wildman–Crippen LogP) is 4.15. The number of rotatable bonds is 8. The molecule has 0 atom stereocenters. The van der Waals surface area contributed by atoms with Gasteiger partial charge in [-0.05, 0) is 67.9 Å². The van der Waals surface area contributed by atoms with Gasteiger partial charge in [0.25, 0.3) is 10.0 Å². The lowest BCUT2D eigenvalue weighted by Gasteiger charge is -2.10. The van der Waals surface area contributed by atoms with Gasteiger partial charge in [0.1, 0.15) is 5.75 Å². The van der Waals surface area contributed by atoms with Crippen molar-refractivity contribution in [3.8, 4) is 5.75 Å². The average Bonchev–Trinajstić information content (AvgIpc) is 2.79. The maximum Gasteiger partial charge on any atom is 0.338 e. The van der Waals surface area contributed by atoms with Crippen LogP contribution in [0.5, 0.6) is 5.75 Å². The Bertz CT molecular complexity index is 1250. The van der Waals surface area contributed by atoms with Gasteiger partial charge in [0.15, 0.2) is 6.61 Å². The van der Waals surface area contributed by atoms with Crippen molar-refractivity contribution in [2.45, 2.75) is 18.7 Å². The predicted molar refractivity (Wildman–Crippen MR) is 121 cm³/mol. The van der Waals surface area contributed by atoms with Crippen LogP contribution < -0.4 is 9.46 Å². The summed E-state index contributed by atoms with van der Waals surface area (Å²) in [7, 11) is -2.43. The van der Waals surface area contributed by atoms with E-state index in [4.69, 9.17) is 9.47 Å². The molecular formula is C24H23NO6S. The normalized spacial score (nSPS) is 11.0. The van der Waals surface area contributed by atoms with E-state index in [2.05, 4.69) is 4.72 Å². The lowest BCUT2D eigenvalue weighted by molar-refractivity contribution is 0.0474. The Hall–Kier alpha value is -3.65. The van der Waals surface area contributed by atoms with Crippen molar-refractivity contribution in [2.75, 3.05) is 18.4 Å². The number of carbonyl (C=O) groups is 2. The Morgan fingerprint density at radius 2 is 1.66 bits per heavy atom. The fraction of sp³-hybridized carbons (Fsp3) is 0.167. The summed E-state index contributed by atoms with van der Waals surface area (Å²) in [4.78, 5) is 24.8. The van der Waals surface area contributed by atoms with E-state index in [1.54, 1.807) is 37.3 Å². The van der Waals surface area contributed by atoms with Crippen molar-refractivity contribution in [1.82, 2.24) is 0 Å². The molecule has 0 aliphatic rings. The number of methoxy groups -OCH3 is 1. The van der Waals surface area contributed by atoms with E-state index < -0.39 is 22.6 Å². The second kappa shape index (κ2) is 9.65. The van der Waals surface area contributed by atoms with E-state index in [0.717, 1.165) is 11.1 Å². The van der Waals surface area contributed by atoms with Crippen LogP contribution in [0, 0.1) is 13.8 Å². The lowest BCUT2D eigenvalue weighted by atomic mass is 10.0. The molecule has 0 amide bonds. The molecule has 32 heavy (non-hydrogen) atoms. The highest BCUT2D eigenvalue weighted by Crippen LogP contribution is 2.20. The lowest BCUT2D eigenvalue weighted by Crippen LogP contribution is -2.17. The number of anilines is 1. The van der Waals surface area contributed by atoms with E-state index in [9.17, 15) is 18.0 Å². The van der Waals surface area contributed by atoms with Crippen molar-refractivity contribution < 1.29 is 27.5 Å². The maximum atomic E-state index is 12.7. The van der Waals surface area contributed by atoms with E-state index in [0.29, 0.717) is 17.0 Å². The quantitative estimate of drug-likeness (QED) is 0.406. The zero-order valence-electron chi connectivity index (χ0n) is 17.9. The van der Waals surface area contributed by atoms with Crippen molar-refractivity contribution in [1.29, 1.82) is 0 Å². The number of hydrogen-bond acceptors (Lipinski definition) is 6. The first kappa shape index (κ1) is 23.0. The number of sulfonamides is 1. The van der Waals surface area contributed by atoms with Crippen LogP contribution in [0.25, 0.3) is 0 Å². The number of esters is 1. The molecule has 0 radical (unpaired) electrons. The minimum Gasteiger partial charge on any atom is -0.497 e. The first-order chi connectivity index (χ1) is 15.2. The number of ether oxygens (including phenoxy) is 2. The van der Waals surface area contributed by atoms with Crippen LogP contribution in [0.15, 0.2) is 71.6 Å². The summed E-state index contributed by atoms with van der Waals surface area (Å²) in [5.41, 5.74) is 2.56. The summed E-state index contributed by atoms with van der Waals surface area (Å²) < 4.78 is 38.0. The molecule has 0 unspecified atom stereocenters. The molecule has 0 heterocycles. The summed E-state index contributed by atoms with van der Waals surface area (Å²) in [5.74, 6) is -0.525. The Labute approximate surface area is 187 Å². The summed E-state index contributed by atoms with van der Waals surface area (Å²) in [6.45, 7) is 3.23. The van der Waals surface area contributed by atoms with Crippen LogP contribution >= 0.6 is 0 Å². The number of nitrogens with one attached hydrogen (secondary N) is 1. The molecule has 0 bridgehead atoms. The van der Waals surface area contributed by atoms with Crippen LogP contribution in [0.4, 0.5) is 5.69 Å². The molecule has 7 nitrogen and oxygen atoms in total. The molecule has 3 aromatic carbocycles. The monoisotopic (exact) mass is 453 g/mol. The zero-order chi connectivity index (χ0) is 23.3. The molecule has 0 saturated carbocycles. The fourth-order valence-electron chi connectivity index (χ4n) is 2.99. The molecule has 0 aliphatic heterocycles. The summed E-state index contributed by atoms with van der Waals surface area (Å²) in [5, 5.41) is 0. The average molecular weight is 454 g/mol. The number of Topliss-reactive ketones (excluding diaryl/α,β-unsaturated/α-hetero) is 1. The van der Waals surface area contributed by atoms with Crippen LogP contribution in [0.1, 0.15) is 31.8 Å². The molecule has 0 saturated heterocycles. The van der Waals surface area contributed by atoms with Gasteiger partial charge in [-0.1, -0.05) is 23.8 Å². The van der Waals surface area contributed by atoms with Crippen LogP contribution in [0.3, 0.4) is 0 Å². The summed E-state index contributed by atoms with van der Waals surface area (Å²) in [6.07, 6.45) is 0. The standard InChI is InChI=1S/C24H23NO6S/c1-16-7-8-17(2)22(13-16)23(26)15-31-24(27)18-5-4-6-21(14-18)32(28,29)25-19-9-11-20(30-3)12-10-19/h4-14,25H,15H2,1-3H3. The molecule has 0 aliphatic carbocycles. The third-order valence-corrected chi connectivity index (χ3v) is 6.13. The number of benzene rings is 3. The Morgan fingerprint density at radius 1 is 0.938 bits per heavy atom. The van der Waals surface area contributed by atoms with Gasteiger partial charge in [-0.15, -0.1) is 0 Å². The molecule has 3 aromatic rings. The molecule has 0 aromatic heterocycles. The topological polar surface area (TPSA) is 98.8 Å². The second-order valence-electron chi connectivity index (χ2n) is 7.18. The van der Waals surface area contributed by atoms with Crippen molar-refractivity contribution >= 4 is 27.5 Å². The van der Waals surface area contributed by atoms with Crippen LogP contribution in [-0.4, -0.2) is 33.9 Å². The molecular weight excluding hydrogens is 430 g/mol. The van der Waals surface area contributed by atoms with Gasteiger partial charge in [-0.3, -0.25) is 9.52 Å². The van der Waals surface area contributed by atoms with Crippen LogP contribution in [0.2, 0.25) is 0 Å². The summed E-state index contributed by atoms with van der Waals surface area (Å²) in [6, 6.07) is 17.3. The number of aryl methyl sites for hydroxylation is 2. The molecule has 0 fully saturated rings. The molecule has 3 rings (SSSR count). The van der Waals surface area contributed by atoms with E-state index >= 15 is 0 Å². The van der Waals surface area contributed by atoms with Gasteiger partial charge >= 0.3 is 5.97 Å². The third-order valence-electron chi connectivity index (χ3n) is 4.75. The Morgan fingerprint density at radius 3 is 2.34 bits per heavy atom. The first-order valence-electron chi connectivity index (χ1n) is 9.74. The highest BCUT2D eigenvalue weighted by atomic mass is 32.2. The van der Waals surface area contributed by atoms with Crippen LogP contribution in [-0.2, 0) is 14.8 Å². The van der Waals surface area contributed by atoms with Crippen molar-refractivity contribution in [2.24, 2.45) is 0 Å². The SMILES string of the molecule is COc1ccc(NS(=O)(=O)c2cccc(C(=O)OCC(=O)c3cc(C)ccc3C)c2)cc1. The smallest absolute Gasteiger partial charge is 0.338 e. The van der Waals surface area contributed by atoms with E-state index in [-0.39, 0.29) is 16.2 Å². The fourth-order valence-corrected chi connectivity index (χ4v) is 4.10. The van der Waals surface area contributed by atoms with Crippen molar-refractivity contribution in [3.05, 3.63) is 89.0 Å². The maximum absolute atomic E-state index is 12.7. The second-order valence-corrected chi connectivity index (χ2v) is 8.86. The Balaban J connectivity index is 1.70. The van der Waals surface area contributed by atoms with Gasteiger partial charge < -0.3 is 9.47 Å². The van der Waals surface area contributed by atoms with Gasteiger partial charge in [-0.2, -0.15) is 0 Å². The van der Waals surface area contributed by atoms with Gasteiger partial charge in [0, 0.05) is 11.3 Å². The molecule has 0 spiro atoms. The van der Waals surface area contributed by atoms with E-state index in [1.807, 2.05) is 19.1 Å². The van der Waals surface area contributed by atoms with Gasteiger partial charge in [0.2, 0.25) is 5.78 Å². The number of hydrogen-bond donors (Lipinski definition) is 1. The third kappa shape index (κ3) is 5.53. The van der Waals surface area contributed by atoms with E-state index in [1.165, 1.54) is 31.4 Å². The Kier molecular flexibility index (Phi) is 6.95. The molecule has 1 N–H and O–H groups in total. The minimum absolute atomic E-state index is 0.0244. The highest BCUT2D eigenvalue weighted by Gasteiger charge is 2.18. The van der Waals surface area contributed by atoms with Gasteiger partial charge in [0.05, 0.1) is 17.6 Å². The largest absolute Gasteiger partial charge is 0.497 e. The molecule has 166 valence electrons. The first-order valence-corrected chi connectivity index (χ1v) is 11.2. The molecule has 8 heteroatoms. The van der Waals surface area contributed by atoms with Crippen molar-refractivity contribution in [3.63, 3.8) is 0 Å².